The predicted octanol–water partition coefficient (Wildman–Crippen LogP) is 9.85. The minimum absolute atomic E-state index is 0.845. The molecular weight excluding hydrogens is 810 g/mol. The van der Waals surface area contributed by atoms with Gasteiger partial charge in [-0.1, -0.05) is 0 Å². The molecule has 0 bridgehead atoms. The van der Waals surface area contributed by atoms with E-state index in [1.54, 1.807) is 0 Å². The molecule has 0 radical (unpaired) electrons. The average molecular weight is 828 g/mol. The Bertz CT molecular complexity index is 1130. The molecule has 0 aromatic heterocycles. The van der Waals surface area contributed by atoms with Crippen LogP contribution in [0.4, 0.5) is 114 Å². The van der Waals surface area contributed by atoms with E-state index in [2.05, 4.69) is 13.3 Å². The fourth-order valence-corrected chi connectivity index (χ4v) is 5.97. The molecule has 50 heavy (non-hydrogen) atoms. The van der Waals surface area contributed by atoms with Gasteiger partial charge in [0.1, 0.15) is 0 Å². The first kappa shape index (κ1) is 48.3. The van der Waals surface area contributed by atoms with Gasteiger partial charge in [0, 0.05) is 19.8 Å². The van der Waals surface area contributed by atoms with E-state index >= 15 is 0 Å². The summed E-state index contributed by atoms with van der Waals surface area (Å²) in [6.45, 7) is 0.155. The van der Waals surface area contributed by atoms with Crippen LogP contribution in [0.1, 0.15) is 27.2 Å². The van der Waals surface area contributed by atoms with Gasteiger partial charge in [-0.25, -0.2) is 4.39 Å². The Kier molecular flexibility index (Phi) is 13.1. The molecule has 30 heteroatoms. The van der Waals surface area contributed by atoms with Gasteiger partial charge in [0.2, 0.25) is 0 Å². The van der Waals surface area contributed by atoms with Crippen LogP contribution in [-0.2, 0) is 13.3 Å². The molecule has 0 aromatic rings. The molecule has 0 saturated carbocycles. The second-order valence-electron chi connectivity index (χ2n) is 9.52. The van der Waals surface area contributed by atoms with Crippen LogP contribution >= 0.6 is 0 Å². The summed E-state index contributed by atoms with van der Waals surface area (Å²) in [5.41, 5.74) is 0. The summed E-state index contributed by atoms with van der Waals surface area (Å²) < 4.78 is 369. The summed E-state index contributed by atoms with van der Waals surface area (Å²) in [6, 6.07) is 0. The molecule has 1 unspecified atom stereocenters. The van der Waals surface area contributed by atoms with E-state index in [4.69, 9.17) is 0 Å². The van der Waals surface area contributed by atoms with Crippen LogP contribution in [-0.4, -0.2) is 106 Å². The highest BCUT2D eigenvalue weighted by atomic mass is 28.4. The molecule has 3 nitrogen and oxygen atoms in total. The molecule has 0 saturated heterocycles. The van der Waals surface area contributed by atoms with E-state index < -0.39 is 112 Å². The maximum atomic E-state index is 14.8. The van der Waals surface area contributed by atoms with Crippen LogP contribution < -0.4 is 0 Å². The Labute approximate surface area is 261 Å². The van der Waals surface area contributed by atoms with Gasteiger partial charge >= 0.3 is 80.1 Å². The van der Waals surface area contributed by atoms with Gasteiger partial charge in [-0.15, -0.1) is 0 Å². The van der Waals surface area contributed by atoms with Crippen molar-refractivity contribution in [3.63, 3.8) is 0 Å². The molecule has 0 rings (SSSR count). The first-order valence-corrected chi connectivity index (χ1v) is 14.1. The van der Waals surface area contributed by atoms with Crippen molar-refractivity contribution < 1.29 is 127 Å². The van der Waals surface area contributed by atoms with Crippen LogP contribution in [0.15, 0.2) is 0 Å². The number of alkyl halides is 26. The summed E-state index contributed by atoms with van der Waals surface area (Å²) in [4.78, 5) is 0. The van der Waals surface area contributed by atoms with E-state index in [-0.39, 0.29) is 0 Å². The smallest absolute Gasteiger partial charge is 0.372 e. The Morgan fingerprint density at radius 3 is 0.760 bits per heavy atom. The molecule has 0 aliphatic carbocycles. The molecule has 1 atom stereocenters. The first-order valence-electron chi connectivity index (χ1n) is 12.3. The van der Waals surface area contributed by atoms with Crippen molar-refractivity contribution in [2.75, 3.05) is 19.8 Å². The van der Waals surface area contributed by atoms with Gasteiger partial charge in [0.25, 0.3) is 0 Å². The quantitative estimate of drug-likeness (QED) is 0.0960. The molecule has 0 aliphatic heterocycles. The average Bonchev–Trinajstić information content (AvgIpc) is 2.91. The third-order valence-corrected chi connectivity index (χ3v) is 9.26. The monoisotopic (exact) mass is 828 g/mol. The summed E-state index contributed by atoms with van der Waals surface area (Å²) in [7, 11) is -5.48. The maximum absolute atomic E-state index is 14.8. The lowest BCUT2D eigenvalue weighted by molar-refractivity contribution is -0.482. The third-order valence-electron chi connectivity index (χ3n) is 6.22. The third kappa shape index (κ3) is 6.56. The van der Waals surface area contributed by atoms with Crippen molar-refractivity contribution >= 4 is 8.80 Å². The molecular formula is C20H18F26O3Si. The Hall–Kier alpha value is -1.72. The number of hydrogen-bond donors (Lipinski definition) is 0. The Morgan fingerprint density at radius 1 is 0.360 bits per heavy atom. The van der Waals surface area contributed by atoms with Crippen LogP contribution in [0, 0.1) is 0 Å². The van der Waals surface area contributed by atoms with E-state index in [1.165, 1.54) is 0 Å². The van der Waals surface area contributed by atoms with Gasteiger partial charge < -0.3 is 13.3 Å². The largest absolute Gasteiger partial charge is 0.537 e. The molecule has 0 N–H and O–H groups in total. The van der Waals surface area contributed by atoms with Crippen LogP contribution in [0.3, 0.4) is 0 Å². The topological polar surface area (TPSA) is 27.7 Å². The molecule has 0 heterocycles. The van der Waals surface area contributed by atoms with Crippen LogP contribution in [0.2, 0.25) is 0 Å². The Morgan fingerprint density at radius 2 is 0.560 bits per heavy atom. The minimum Gasteiger partial charge on any atom is -0.372 e. The van der Waals surface area contributed by atoms with E-state index in [0.717, 1.165) is 20.8 Å². The predicted molar refractivity (Wildman–Crippen MR) is 111 cm³/mol. The van der Waals surface area contributed by atoms with Crippen molar-refractivity contribution in [3.05, 3.63) is 0 Å². The summed E-state index contributed by atoms with van der Waals surface area (Å²) >= 11 is 0. The lowest BCUT2D eigenvalue weighted by atomic mass is 9.84. The second-order valence-corrected chi connectivity index (χ2v) is 12.2. The molecule has 0 spiro atoms. The van der Waals surface area contributed by atoms with E-state index in [1.807, 2.05) is 0 Å². The number of hydrogen-bond acceptors (Lipinski definition) is 3. The zero-order valence-corrected chi connectivity index (χ0v) is 25.0. The van der Waals surface area contributed by atoms with Crippen LogP contribution in [0.5, 0.6) is 0 Å². The molecule has 0 amide bonds. The molecule has 0 aromatic carbocycles. The molecule has 0 fully saturated rings. The molecule has 302 valence electrons. The highest BCUT2D eigenvalue weighted by Gasteiger charge is 2.99. The summed E-state index contributed by atoms with van der Waals surface area (Å²) in [6.07, 6.45) is -11.8. The van der Waals surface area contributed by atoms with E-state index in [0.29, 0.717) is 0 Å². The zero-order chi connectivity index (χ0) is 41.0. The first-order chi connectivity index (χ1) is 21.6. The summed E-state index contributed by atoms with van der Waals surface area (Å²) in [5, 5.41) is 0. The van der Waals surface area contributed by atoms with Crippen molar-refractivity contribution in [1.29, 1.82) is 0 Å². The van der Waals surface area contributed by atoms with Gasteiger partial charge in [-0.05, 0) is 20.8 Å². The number of rotatable bonds is 19. The second kappa shape index (κ2) is 13.6. The van der Waals surface area contributed by atoms with Crippen molar-refractivity contribution in [3.8, 4) is 0 Å². The van der Waals surface area contributed by atoms with Crippen molar-refractivity contribution in [2.45, 2.75) is 104 Å². The van der Waals surface area contributed by atoms with Gasteiger partial charge in [-0.3, -0.25) is 0 Å². The van der Waals surface area contributed by atoms with Crippen molar-refractivity contribution in [1.82, 2.24) is 0 Å². The zero-order valence-electron chi connectivity index (χ0n) is 24.0. The Balaban J connectivity index is 7.33. The van der Waals surface area contributed by atoms with Crippen LogP contribution in [0.25, 0.3) is 0 Å². The summed E-state index contributed by atoms with van der Waals surface area (Å²) in [5.74, 6) is -104. The fourth-order valence-electron chi connectivity index (χ4n) is 3.46. The number of halogens is 26. The highest BCUT2D eigenvalue weighted by Crippen LogP contribution is 2.68. The molecule has 0 aliphatic rings. The van der Waals surface area contributed by atoms with Gasteiger partial charge in [0.05, 0.1) is 6.42 Å². The lowest BCUT2D eigenvalue weighted by Crippen LogP contribution is -2.78. The van der Waals surface area contributed by atoms with E-state index in [9.17, 15) is 114 Å². The highest BCUT2D eigenvalue weighted by molar-refractivity contribution is 6.62. The fraction of sp³-hybridized carbons (Fsp3) is 1.00. The minimum atomic E-state index is -9.68. The van der Waals surface area contributed by atoms with Crippen molar-refractivity contribution in [2.24, 2.45) is 0 Å². The normalized spacial score (nSPS) is 17.0. The van der Waals surface area contributed by atoms with Gasteiger partial charge in [0.15, 0.2) is 5.79 Å². The maximum Gasteiger partial charge on any atom is 0.537 e. The SMILES string of the molecule is CCO[Si](OCC)(OCC)C(F)CC(F)(F)C(F)(F)C(F)(F)C(F)(F)C(F)(F)C(F)(F)C(F)(F)C(F)(F)C(F)(F)C(F)(F)C(F)(F)C(F)(F)F. The van der Waals surface area contributed by atoms with Gasteiger partial charge in [-0.2, -0.15) is 110 Å². The lowest BCUT2D eigenvalue weighted by Gasteiger charge is -2.45. The standard InChI is InChI=1S/C20H18F26O3Si/c1-4-47-50(48-5-2,49-6-3)8(21)7-9(22,23)10(24,25)11(26,27)12(28,29)13(30,31)14(32,33)15(34,35)16(36,37)17(38,39)18(40,41)19(42,43)20(44,45)46/h8H,4-7H2,1-3H3.